The van der Waals surface area contributed by atoms with Crippen LogP contribution in [0.1, 0.15) is 69.4 Å². The summed E-state index contributed by atoms with van der Waals surface area (Å²) in [5.74, 6) is -2.02. The molecule has 2 aromatic rings. The average Bonchev–Trinajstić information content (AvgIpc) is 2.97. The highest BCUT2D eigenvalue weighted by Gasteiger charge is 2.33. The molecular formula is C23H24N2O5. The van der Waals surface area contributed by atoms with Gasteiger partial charge in [-0.25, -0.2) is 4.79 Å². The van der Waals surface area contributed by atoms with Gasteiger partial charge in [0.15, 0.2) is 6.10 Å². The molecule has 3 rings (SSSR count). The maximum Gasteiger partial charge on any atom is 0.338 e. The molecule has 2 unspecified atom stereocenters. The predicted molar refractivity (Wildman–Crippen MR) is 110 cm³/mol. The lowest BCUT2D eigenvalue weighted by molar-refractivity contribution is -0.129. The second-order valence-electron chi connectivity index (χ2n) is 7.24. The SMILES string of the molecule is CCCC(NC(=O)C(C)OC(=O)c1ccc2c(c1)C(=O)N(C)C2=O)c1ccccc1. The number of fused-ring (bicyclic) bond motifs is 1. The number of hydrogen-bond acceptors (Lipinski definition) is 5. The van der Waals surface area contributed by atoms with E-state index in [1.807, 2.05) is 37.3 Å². The third kappa shape index (κ3) is 4.25. The van der Waals surface area contributed by atoms with Gasteiger partial charge in [-0.15, -0.1) is 0 Å². The largest absolute Gasteiger partial charge is 0.449 e. The molecule has 1 N–H and O–H groups in total. The highest BCUT2D eigenvalue weighted by atomic mass is 16.5. The van der Waals surface area contributed by atoms with Crippen LogP contribution in [0.3, 0.4) is 0 Å². The first kappa shape index (κ1) is 21.2. The van der Waals surface area contributed by atoms with E-state index in [0.29, 0.717) is 0 Å². The van der Waals surface area contributed by atoms with E-state index in [2.05, 4.69) is 5.32 Å². The van der Waals surface area contributed by atoms with Crippen LogP contribution in [-0.4, -0.2) is 41.7 Å². The minimum atomic E-state index is -1.02. The molecule has 0 saturated heterocycles. The molecule has 0 fully saturated rings. The van der Waals surface area contributed by atoms with Crippen LogP contribution in [0.2, 0.25) is 0 Å². The number of esters is 1. The van der Waals surface area contributed by atoms with Crippen LogP contribution in [0.5, 0.6) is 0 Å². The summed E-state index contributed by atoms with van der Waals surface area (Å²) in [4.78, 5) is 50.2. The van der Waals surface area contributed by atoms with Gasteiger partial charge < -0.3 is 10.1 Å². The molecule has 0 saturated carbocycles. The fourth-order valence-corrected chi connectivity index (χ4v) is 3.36. The van der Waals surface area contributed by atoms with Gasteiger partial charge in [0.05, 0.1) is 22.7 Å². The fourth-order valence-electron chi connectivity index (χ4n) is 3.36. The van der Waals surface area contributed by atoms with Gasteiger partial charge in [-0.2, -0.15) is 0 Å². The highest BCUT2D eigenvalue weighted by molar-refractivity contribution is 6.21. The van der Waals surface area contributed by atoms with Crippen LogP contribution in [0.4, 0.5) is 0 Å². The van der Waals surface area contributed by atoms with Crippen molar-refractivity contribution in [2.45, 2.75) is 38.8 Å². The molecule has 30 heavy (non-hydrogen) atoms. The number of benzene rings is 2. The van der Waals surface area contributed by atoms with Crippen molar-refractivity contribution in [1.82, 2.24) is 10.2 Å². The summed E-state index contributed by atoms with van der Waals surface area (Å²) < 4.78 is 5.30. The van der Waals surface area contributed by atoms with Crippen molar-refractivity contribution in [2.75, 3.05) is 7.05 Å². The van der Waals surface area contributed by atoms with E-state index in [1.165, 1.54) is 32.2 Å². The summed E-state index contributed by atoms with van der Waals surface area (Å²) in [6, 6.07) is 13.6. The van der Waals surface area contributed by atoms with Crippen molar-refractivity contribution in [3.05, 3.63) is 70.8 Å². The second kappa shape index (κ2) is 8.90. The summed E-state index contributed by atoms with van der Waals surface area (Å²) in [7, 11) is 1.38. The van der Waals surface area contributed by atoms with E-state index in [0.717, 1.165) is 23.3 Å². The third-order valence-electron chi connectivity index (χ3n) is 5.07. The van der Waals surface area contributed by atoms with E-state index in [1.54, 1.807) is 0 Å². The lowest BCUT2D eigenvalue weighted by atomic mass is 10.0. The first-order valence-corrected chi connectivity index (χ1v) is 9.86. The number of carbonyl (C=O) groups is 4. The van der Waals surface area contributed by atoms with Gasteiger partial charge in [-0.3, -0.25) is 19.3 Å². The molecule has 1 aliphatic heterocycles. The Kier molecular flexibility index (Phi) is 6.30. The lowest BCUT2D eigenvalue weighted by Gasteiger charge is -2.21. The Labute approximate surface area is 175 Å². The average molecular weight is 408 g/mol. The van der Waals surface area contributed by atoms with Gasteiger partial charge in [0.25, 0.3) is 17.7 Å². The molecule has 2 aromatic carbocycles. The molecule has 0 radical (unpaired) electrons. The summed E-state index contributed by atoms with van der Waals surface area (Å²) in [5, 5.41) is 2.93. The standard InChI is InChI=1S/C23H24N2O5/c1-4-8-19(15-9-6-5-7-10-15)24-20(26)14(2)30-23(29)16-11-12-17-18(13-16)22(28)25(3)21(17)27/h5-7,9-14,19H,4,8H2,1-3H3,(H,24,26). The van der Waals surface area contributed by atoms with E-state index in [-0.39, 0.29) is 22.7 Å². The van der Waals surface area contributed by atoms with E-state index in [4.69, 9.17) is 4.74 Å². The molecule has 0 bridgehead atoms. The number of carbonyl (C=O) groups excluding carboxylic acids is 4. The van der Waals surface area contributed by atoms with Crippen LogP contribution in [0.15, 0.2) is 48.5 Å². The Morgan fingerprint density at radius 3 is 2.37 bits per heavy atom. The van der Waals surface area contributed by atoms with Gasteiger partial charge in [0, 0.05) is 7.05 Å². The highest BCUT2D eigenvalue weighted by Crippen LogP contribution is 2.23. The van der Waals surface area contributed by atoms with Gasteiger partial charge in [0.2, 0.25) is 0 Å². The Morgan fingerprint density at radius 2 is 1.70 bits per heavy atom. The number of rotatable bonds is 7. The van der Waals surface area contributed by atoms with E-state index < -0.39 is 29.8 Å². The van der Waals surface area contributed by atoms with Crippen LogP contribution in [-0.2, 0) is 9.53 Å². The Hall–Kier alpha value is -3.48. The summed E-state index contributed by atoms with van der Waals surface area (Å²) in [6.45, 7) is 3.53. The zero-order valence-electron chi connectivity index (χ0n) is 17.2. The van der Waals surface area contributed by atoms with Crippen LogP contribution < -0.4 is 5.32 Å². The fraction of sp³-hybridized carbons (Fsp3) is 0.304. The molecule has 7 nitrogen and oxygen atoms in total. The van der Waals surface area contributed by atoms with Crippen molar-refractivity contribution in [3.63, 3.8) is 0 Å². The minimum absolute atomic E-state index is 0.109. The molecule has 1 aliphatic rings. The number of nitrogens with zero attached hydrogens (tertiary/aromatic N) is 1. The quantitative estimate of drug-likeness (QED) is 0.561. The number of hydrogen-bond donors (Lipinski definition) is 1. The minimum Gasteiger partial charge on any atom is -0.449 e. The van der Waals surface area contributed by atoms with Crippen LogP contribution in [0, 0.1) is 0 Å². The van der Waals surface area contributed by atoms with E-state index >= 15 is 0 Å². The molecule has 156 valence electrons. The second-order valence-corrected chi connectivity index (χ2v) is 7.24. The van der Waals surface area contributed by atoms with Crippen molar-refractivity contribution >= 4 is 23.7 Å². The molecule has 0 spiro atoms. The Morgan fingerprint density at radius 1 is 1.03 bits per heavy atom. The molecule has 7 heteroatoms. The monoisotopic (exact) mass is 408 g/mol. The number of imide groups is 1. The number of nitrogens with one attached hydrogen (secondary N) is 1. The normalized spacial score (nSPS) is 14.8. The first-order chi connectivity index (χ1) is 14.3. The smallest absolute Gasteiger partial charge is 0.338 e. The third-order valence-corrected chi connectivity index (χ3v) is 5.07. The van der Waals surface area contributed by atoms with Gasteiger partial charge in [-0.1, -0.05) is 43.7 Å². The van der Waals surface area contributed by atoms with Gasteiger partial charge >= 0.3 is 5.97 Å². The van der Waals surface area contributed by atoms with Crippen molar-refractivity contribution in [3.8, 4) is 0 Å². The van der Waals surface area contributed by atoms with Crippen molar-refractivity contribution < 1.29 is 23.9 Å². The summed E-state index contributed by atoms with van der Waals surface area (Å²) in [6.07, 6.45) is 0.615. The first-order valence-electron chi connectivity index (χ1n) is 9.86. The zero-order valence-corrected chi connectivity index (χ0v) is 17.2. The molecule has 0 aromatic heterocycles. The molecular weight excluding hydrogens is 384 g/mol. The molecule has 3 amide bonds. The van der Waals surface area contributed by atoms with Gasteiger partial charge in [0.1, 0.15) is 0 Å². The molecule has 1 heterocycles. The van der Waals surface area contributed by atoms with E-state index in [9.17, 15) is 19.2 Å². The molecule has 0 aliphatic carbocycles. The zero-order chi connectivity index (χ0) is 21.8. The molecule has 2 atom stereocenters. The Balaban J connectivity index is 1.67. The van der Waals surface area contributed by atoms with Crippen molar-refractivity contribution in [1.29, 1.82) is 0 Å². The maximum atomic E-state index is 12.6. The number of amides is 3. The van der Waals surface area contributed by atoms with Crippen LogP contribution in [0.25, 0.3) is 0 Å². The topological polar surface area (TPSA) is 92.8 Å². The summed E-state index contributed by atoms with van der Waals surface area (Å²) in [5.41, 5.74) is 1.49. The lowest BCUT2D eigenvalue weighted by Crippen LogP contribution is -2.38. The Bertz CT molecular complexity index is 986. The number of ether oxygens (including phenoxy) is 1. The maximum absolute atomic E-state index is 12.6. The predicted octanol–water partition coefficient (Wildman–Crippen LogP) is 3.12. The van der Waals surface area contributed by atoms with Crippen LogP contribution >= 0.6 is 0 Å². The van der Waals surface area contributed by atoms with Gasteiger partial charge in [-0.05, 0) is 37.1 Å². The summed E-state index contributed by atoms with van der Waals surface area (Å²) >= 11 is 0. The van der Waals surface area contributed by atoms with Crippen molar-refractivity contribution in [2.24, 2.45) is 0 Å².